The van der Waals surface area contributed by atoms with Crippen molar-refractivity contribution in [1.29, 1.82) is 0 Å². The molecular weight excluding hydrogens is 248 g/mol. The lowest BCUT2D eigenvalue weighted by Gasteiger charge is -2.09. The Morgan fingerprint density at radius 2 is 1.81 bits per heavy atom. The quantitative estimate of drug-likeness (QED) is 0.762. The molecule has 0 atom stereocenters. The molecule has 1 aromatic rings. The van der Waals surface area contributed by atoms with Crippen LogP contribution in [0.1, 0.15) is 12.5 Å². The van der Waals surface area contributed by atoms with Gasteiger partial charge < -0.3 is 0 Å². The SMILES string of the molecule is CCc1ccc(F)c(S(=O)(=O)C(F)(F)F)c1. The first kappa shape index (κ1) is 13.0. The van der Waals surface area contributed by atoms with E-state index in [1.165, 1.54) is 6.07 Å². The molecule has 0 N–H and O–H groups in total. The van der Waals surface area contributed by atoms with Gasteiger partial charge in [-0.15, -0.1) is 0 Å². The zero-order valence-corrected chi connectivity index (χ0v) is 8.99. The van der Waals surface area contributed by atoms with E-state index in [2.05, 4.69) is 0 Å². The highest BCUT2D eigenvalue weighted by Gasteiger charge is 2.48. The predicted molar refractivity (Wildman–Crippen MR) is 49.0 cm³/mol. The fourth-order valence-corrected chi connectivity index (χ4v) is 1.98. The summed E-state index contributed by atoms with van der Waals surface area (Å²) in [5.41, 5.74) is -5.16. The average molecular weight is 256 g/mol. The lowest BCUT2D eigenvalue weighted by atomic mass is 10.2. The third kappa shape index (κ3) is 2.18. The number of alkyl halides is 3. The molecule has 0 aromatic heterocycles. The standard InChI is InChI=1S/C9H8F4O2S/c1-2-6-3-4-7(10)8(5-6)16(14,15)9(11,12)13/h3-5H,2H2,1H3. The van der Waals surface area contributed by atoms with Crippen molar-refractivity contribution in [3.05, 3.63) is 29.6 Å². The molecule has 0 saturated heterocycles. The van der Waals surface area contributed by atoms with E-state index in [1.54, 1.807) is 6.92 Å². The lowest BCUT2D eigenvalue weighted by Crippen LogP contribution is -2.24. The number of sulfone groups is 1. The van der Waals surface area contributed by atoms with E-state index >= 15 is 0 Å². The summed E-state index contributed by atoms with van der Waals surface area (Å²) in [6.07, 6.45) is 0.320. The van der Waals surface area contributed by atoms with Gasteiger partial charge in [0.05, 0.1) is 0 Å². The van der Waals surface area contributed by atoms with Crippen molar-refractivity contribution >= 4 is 9.84 Å². The summed E-state index contributed by atoms with van der Waals surface area (Å²) in [6, 6.07) is 2.67. The number of rotatable bonds is 2. The van der Waals surface area contributed by atoms with Gasteiger partial charge in [0.25, 0.3) is 9.84 Å². The van der Waals surface area contributed by atoms with Crippen LogP contribution in [0.5, 0.6) is 0 Å². The van der Waals surface area contributed by atoms with Crippen molar-refractivity contribution in [1.82, 2.24) is 0 Å². The number of aryl methyl sites for hydroxylation is 1. The predicted octanol–water partition coefficient (Wildman–Crippen LogP) is 2.68. The van der Waals surface area contributed by atoms with Gasteiger partial charge in [-0.05, 0) is 24.1 Å². The van der Waals surface area contributed by atoms with Gasteiger partial charge >= 0.3 is 5.51 Å². The third-order valence-corrected chi connectivity index (χ3v) is 3.50. The van der Waals surface area contributed by atoms with E-state index < -0.39 is 26.1 Å². The van der Waals surface area contributed by atoms with Crippen molar-refractivity contribution in [2.45, 2.75) is 23.7 Å². The number of hydrogen-bond donors (Lipinski definition) is 0. The Hall–Kier alpha value is -1.11. The molecule has 0 heterocycles. The van der Waals surface area contributed by atoms with E-state index in [0.717, 1.165) is 6.07 Å². The third-order valence-electron chi connectivity index (χ3n) is 2.00. The van der Waals surface area contributed by atoms with Crippen molar-refractivity contribution < 1.29 is 26.0 Å². The summed E-state index contributed by atoms with van der Waals surface area (Å²) in [6.45, 7) is 1.62. The normalized spacial score (nSPS) is 12.8. The second kappa shape index (κ2) is 4.04. The van der Waals surface area contributed by atoms with Crippen LogP contribution in [0.3, 0.4) is 0 Å². The molecule has 7 heteroatoms. The molecule has 0 aliphatic carbocycles. The summed E-state index contributed by atoms with van der Waals surface area (Å²) >= 11 is 0. The molecule has 90 valence electrons. The second-order valence-corrected chi connectivity index (χ2v) is 4.98. The van der Waals surface area contributed by atoms with Crippen molar-refractivity contribution in [3.8, 4) is 0 Å². The van der Waals surface area contributed by atoms with Crippen molar-refractivity contribution in [3.63, 3.8) is 0 Å². The maximum atomic E-state index is 13.1. The van der Waals surface area contributed by atoms with Crippen LogP contribution >= 0.6 is 0 Å². The van der Waals surface area contributed by atoms with E-state index in [4.69, 9.17) is 0 Å². The highest BCUT2D eigenvalue weighted by molar-refractivity contribution is 7.92. The molecule has 0 aliphatic rings. The fourth-order valence-electron chi connectivity index (χ4n) is 1.10. The Kier molecular flexibility index (Phi) is 3.27. The lowest BCUT2D eigenvalue weighted by molar-refractivity contribution is -0.0437. The Morgan fingerprint density at radius 3 is 2.25 bits per heavy atom. The Balaban J connectivity index is 3.44. The summed E-state index contributed by atoms with van der Waals surface area (Å²) in [7, 11) is -5.61. The molecule has 1 rings (SSSR count). The molecule has 2 nitrogen and oxygen atoms in total. The summed E-state index contributed by atoms with van der Waals surface area (Å²) < 4.78 is 71.5. The zero-order valence-electron chi connectivity index (χ0n) is 8.18. The molecule has 0 amide bonds. The van der Waals surface area contributed by atoms with Gasteiger partial charge in [0.15, 0.2) is 0 Å². The van der Waals surface area contributed by atoms with Gasteiger partial charge in [-0.3, -0.25) is 0 Å². The Morgan fingerprint density at radius 1 is 1.25 bits per heavy atom. The molecule has 0 fully saturated rings. The number of hydrogen-bond acceptors (Lipinski definition) is 2. The van der Waals surface area contributed by atoms with Crippen LogP contribution in [0, 0.1) is 5.82 Å². The summed E-state index contributed by atoms with van der Waals surface area (Å²) in [4.78, 5) is -1.32. The molecule has 1 aromatic carbocycles. The van der Waals surface area contributed by atoms with Crippen LogP contribution in [0.15, 0.2) is 23.1 Å². The average Bonchev–Trinajstić information content (AvgIpc) is 2.16. The van der Waals surface area contributed by atoms with Crippen LogP contribution in [0.25, 0.3) is 0 Å². The molecular formula is C9H8F4O2S. The topological polar surface area (TPSA) is 34.1 Å². The molecule has 0 saturated carbocycles. The van der Waals surface area contributed by atoms with Gasteiger partial charge in [-0.25, -0.2) is 12.8 Å². The van der Waals surface area contributed by atoms with Crippen LogP contribution in [-0.2, 0) is 16.3 Å². The van der Waals surface area contributed by atoms with Gasteiger partial charge in [-0.1, -0.05) is 13.0 Å². The first-order valence-corrected chi connectivity index (χ1v) is 5.78. The van der Waals surface area contributed by atoms with Gasteiger partial charge in [-0.2, -0.15) is 13.2 Å². The second-order valence-electron chi connectivity index (χ2n) is 3.07. The molecule has 16 heavy (non-hydrogen) atoms. The molecule has 0 spiro atoms. The summed E-state index contributed by atoms with van der Waals surface area (Å²) in [5, 5.41) is 0. The minimum atomic E-state index is -5.61. The fraction of sp³-hybridized carbons (Fsp3) is 0.333. The minimum Gasteiger partial charge on any atom is -0.214 e. The zero-order chi connectivity index (χ0) is 12.6. The molecule has 0 radical (unpaired) electrons. The highest BCUT2D eigenvalue weighted by Crippen LogP contribution is 2.32. The van der Waals surface area contributed by atoms with Gasteiger partial charge in [0.2, 0.25) is 0 Å². The van der Waals surface area contributed by atoms with Crippen LogP contribution < -0.4 is 0 Å². The monoisotopic (exact) mass is 256 g/mol. The smallest absolute Gasteiger partial charge is 0.214 e. The van der Waals surface area contributed by atoms with E-state index in [0.29, 0.717) is 18.1 Å². The Bertz CT molecular complexity index is 491. The first-order chi connectivity index (χ1) is 7.20. The maximum absolute atomic E-state index is 13.1. The molecule has 0 aliphatic heterocycles. The first-order valence-electron chi connectivity index (χ1n) is 4.30. The van der Waals surface area contributed by atoms with Crippen molar-refractivity contribution in [2.24, 2.45) is 0 Å². The molecule has 0 bridgehead atoms. The van der Waals surface area contributed by atoms with E-state index in [1.807, 2.05) is 0 Å². The van der Waals surface area contributed by atoms with E-state index in [9.17, 15) is 26.0 Å². The number of halogens is 4. The highest BCUT2D eigenvalue weighted by atomic mass is 32.2. The minimum absolute atomic E-state index is 0.320. The Labute approximate surface area is 89.8 Å². The van der Waals surface area contributed by atoms with Gasteiger partial charge in [0, 0.05) is 0 Å². The van der Waals surface area contributed by atoms with Crippen molar-refractivity contribution in [2.75, 3.05) is 0 Å². The largest absolute Gasteiger partial charge is 0.502 e. The van der Waals surface area contributed by atoms with Gasteiger partial charge in [0.1, 0.15) is 10.7 Å². The van der Waals surface area contributed by atoms with Crippen LogP contribution in [0.2, 0.25) is 0 Å². The van der Waals surface area contributed by atoms with Crippen LogP contribution in [0.4, 0.5) is 17.6 Å². The number of benzene rings is 1. The summed E-state index contributed by atoms with van der Waals surface area (Å²) in [5.74, 6) is -1.39. The van der Waals surface area contributed by atoms with Crippen LogP contribution in [-0.4, -0.2) is 13.9 Å². The van der Waals surface area contributed by atoms with E-state index in [-0.39, 0.29) is 0 Å². The maximum Gasteiger partial charge on any atom is 0.502 e. The molecule has 0 unspecified atom stereocenters.